The Morgan fingerprint density at radius 1 is 1.55 bits per heavy atom. The molecule has 0 spiro atoms. The van der Waals surface area contributed by atoms with E-state index in [0.29, 0.717) is 24.6 Å². The maximum atomic E-state index is 11.8. The summed E-state index contributed by atoms with van der Waals surface area (Å²) in [6.07, 6.45) is 4.79. The van der Waals surface area contributed by atoms with E-state index in [1.807, 2.05) is 11.4 Å². The fourth-order valence-electron chi connectivity index (χ4n) is 3.03. The fraction of sp³-hybridized carbons (Fsp3) is 0.500. The molecule has 1 saturated carbocycles. The lowest BCUT2D eigenvalue weighted by Crippen LogP contribution is -2.49. The fourth-order valence-corrected chi connectivity index (χ4v) is 3.76. The van der Waals surface area contributed by atoms with Gasteiger partial charge in [-0.15, -0.1) is 11.3 Å². The Bertz CT molecular complexity index is 642. The van der Waals surface area contributed by atoms with Gasteiger partial charge in [-0.25, -0.2) is 14.8 Å². The molecule has 1 fully saturated rings. The van der Waals surface area contributed by atoms with Crippen LogP contribution in [0.3, 0.4) is 0 Å². The number of carboxylic acids is 1. The van der Waals surface area contributed by atoms with Gasteiger partial charge in [-0.1, -0.05) is 19.8 Å². The molecule has 0 aromatic carbocycles. The van der Waals surface area contributed by atoms with Crippen molar-refractivity contribution in [2.45, 2.75) is 38.1 Å². The van der Waals surface area contributed by atoms with Crippen LogP contribution in [0.2, 0.25) is 0 Å². The zero-order chi connectivity index (χ0) is 14.2. The van der Waals surface area contributed by atoms with E-state index in [9.17, 15) is 9.90 Å². The largest absolute Gasteiger partial charge is 0.480 e. The Morgan fingerprint density at radius 3 is 3.15 bits per heavy atom. The molecule has 2 aromatic heterocycles. The highest BCUT2D eigenvalue weighted by Crippen LogP contribution is 2.36. The first-order valence-corrected chi connectivity index (χ1v) is 7.68. The van der Waals surface area contributed by atoms with Gasteiger partial charge in [0, 0.05) is 0 Å². The van der Waals surface area contributed by atoms with E-state index in [-0.39, 0.29) is 0 Å². The van der Waals surface area contributed by atoms with Crippen LogP contribution < -0.4 is 5.32 Å². The van der Waals surface area contributed by atoms with Gasteiger partial charge < -0.3 is 10.4 Å². The molecule has 0 radical (unpaired) electrons. The molecular weight excluding hydrogens is 274 g/mol. The highest BCUT2D eigenvalue weighted by Gasteiger charge is 2.42. The lowest BCUT2D eigenvalue weighted by molar-refractivity contribution is -0.144. The van der Waals surface area contributed by atoms with Crippen LogP contribution in [0.5, 0.6) is 0 Å². The molecule has 2 unspecified atom stereocenters. The van der Waals surface area contributed by atoms with Gasteiger partial charge in [-0.05, 0) is 30.2 Å². The molecule has 0 aliphatic heterocycles. The number of aliphatic carboxylic acids is 1. The summed E-state index contributed by atoms with van der Waals surface area (Å²) in [5.74, 6) is 0.256. The molecule has 106 valence electrons. The first kappa shape index (κ1) is 13.3. The van der Waals surface area contributed by atoms with Crippen molar-refractivity contribution in [3.8, 4) is 0 Å². The van der Waals surface area contributed by atoms with Crippen molar-refractivity contribution in [3.05, 3.63) is 17.8 Å². The zero-order valence-corrected chi connectivity index (χ0v) is 12.1. The number of hydrogen-bond donors (Lipinski definition) is 2. The number of nitrogens with one attached hydrogen (secondary N) is 1. The van der Waals surface area contributed by atoms with Crippen LogP contribution in [0, 0.1) is 5.92 Å². The van der Waals surface area contributed by atoms with Crippen molar-refractivity contribution in [1.29, 1.82) is 0 Å². The van der Waals surface area contributed by atoms with Crippen LogP contribution >= 0.6 is 11.3 Å². The molecule has 3 rings (SSSR count). The first-order valence-electron chi connectivity index (χ1n) is 6.80. The highest BCUT2D eigenvalue weighted by molar-refractivity contribution is 7.16. The molecule has 0 saturated heterocycles. The Labute approximate surface area is 121 Å². The summed E-state index contributed by atoms with van der Waals surface area (Å²) in [6, 6.07) is 1.93. The number of hydrogen-bond acceptors (Lipinski definition) is 5. The standard InChI is InChI=1S/C14H17N3O2S/c1-9-3-2-5-14(7-9,13(18)19)17-11-10-4-6-20-12(10)16-8-15-11/h4,6,8-9H,2-3,5,7H2,1H3,(H,18,19)(H,15,16,17). The lowest BCUT2D eigenvalue weighted by Gasteiger charge is -2.37. The number of carboxylic acid groups (broad SMARTS) is 1. The Balaban J connectivity index is 1.98. The van der Waals surface area contributed by atoms with Crippen LogP contribution in [0.15, 0.2) is 17.8 Å². The second-order valence-corrected chi connectivity index (χ2v) is 6.47. The molecule has 1 aliphatic carbocycles. The molecular formula is C14H17N3O2S. The van der Waals surface area contributed by atoms with Crippen LogP contribution in [-0.4, -0.2) is 26.6 Å². The van der Waals surface area contributed by atoms with Crippen LogP contribution in [0.1, 0.15) is 32.6 Å². The number of carbonyl (C=O) groups is 1. The highest BCUT2D eigenvalue weighted by atomic mass is 32.1. The topological polar surface area (TPSA) is 75.1 Å². The van der Waals surface area contributed by atoms with Gasteiger partial charge >= 0.3 is 5.97 Å². The molecule has 20 heavy (non-hydrogen) atoms. The van der Waals surface area contributed by atoms with Crippen LogP contribution in [-0.2, 0) is 4.79 Å². The summed E-state index contributed by atoms with van der Waals surface area (Å²) in [6.45, 7) is 2.11. The summed E-state index contributed by atoms with van der Waals surface area (Å²) in [5.41, 5.74) is -0.902. The third-order valence-electron chi connectivity index (χ3n) is 4.03. The molecule has 6 heteroatoms. The van der Waals surface area contributed by atoms with Crippen molar-refractivity contribution in [3.63, 3.8) is 0 Å². The average molecular weight is 291 g/mol. The second kappa shape index (κ2) is 5.01. The van der Waals surface area contributed by atoms with Crippen molar-refractivity contribution in [2.24, 2.45) is 5.92 Å². The predicted molar refractivity (Wildman–Crippen MR) is 79.0 cm³/mol. The summed E-state index contributed by atoms with van der Waals surface area (Å²) in [4.78, 5) is 21.1. The summed E-state index contributed by atoms with van der Waals surface area (Å²) < 4.78 is 0. The number of nitrogens with zero attached hydrogens (tertiary/aromatic N) is 2. The Morgan fingerprint density at radius 2 is 2.40 bits per heavy atom. The monoisotopic (exact) mass is 291 g/mol. The summed E-state index contributed by atoms with van der Waals surface area (Å²) >= 11 is 1.53. The summed E-state index contributed by atoms with van der Waals surface area (Å²) in [5, 5.41) is 15.7. The molecule has 0 bridgehead atoms. The molecule has 5 nitrogen and oxygen atoms in total. The van der Waals surface area contributed by atoms with E-state index < -0.39 is 11.5 Å². The molecule has 2 N–H and O–H groups in total. The van der Waals surface area contributed by atoms with Crippen molar-refractivity contribution >= 4 is 33.3 Å². The molecule has 0 amide bonds. The van der Waals surface area contributed by atoms with Gasteiger partial charge in [-0.2, -0.15) is 0 Å². The lowest BCUT2D eigenvalue weighted by atomic mass is 9.76. The zero-order valence-electron chi connectivity index (χ0n) is 11.3. The van der Waals surface area contributed by atoms with E-state index in [0.717, 1.165) is 23.1 Å². The van der Waals surface area contributed by atoms with Gasteiger partial charge in [-0.3, -0.25) is 0 Å². The number of anilines is 1. The Kier molecular flexibility index (Phi) is 3.33. The Hall–Kier alpha value is -1.69. The predicted octanol–water partition coefficient (Wildman–Crippen LogP) is 3.14. The van der Waals surface area contributed by atoms with E-state index in [1.165, 1.54) is 17.7 Å². The third-order valence-corrected chi connectivity index (χ3v) is 4.85. The third kappa shape index (κ3) is 2.24. The number of aromatic nitrogens is 2. The smallest absolute Gasteiger partial charge is 0.329 e. The normalized spacial score (nSPS) is 26.6. The van der Waals surface area contributed by atoms with E-state index in [2.05, 4.69) is 22.2 Å². The quantitative estimate of drug-likeness (QED) is 0.908. The average Bonchev–Trinajstić information content (AvgIpc) is 2.88. The van der Waals surface area contributed by atoms with Crippen LogP contribution in [0.4, 0.5) is 5.82 Å². The number of thiophene rings is 1. The maximum absolute atomic E-state index is 11.8. The maximum Gasteiger partial charge on any atom is 0.329 e. The first-order chi connectivity index (χ1) is 9.61. The van der Waals surface area contributed by atoms with Gasteiger partial charge in [0.25, 0.3) is 0 Å². The number of rotatable bonds is 3. The van der Waals surface area contributed by atoms with E-state index >= 15 is 0 Å². The van der Waals surface area contributed by atoms with Crippen molar-refractivity contribution in [1.82, 2.24) is 9.97 Å². The molecule has 2 atom stereocenters. The van der Waals surface area contributed by atoms with Gasteiger partial charge in [0.05, 0.1) is 5.39 Å². The van der Waals surface area contributed by atoms with E-state index in [4.69, 9.17) is 0 Å². The second-order valence-electron chi connectivity index (χ2n) is 5.58. The minimum atomic E-state index is -0.902. The molecule has 2 heterocycles. The van der Waals surface area contributed by atoms with E-state index in [1.54, 1.807) is 0 Å². The van der Waals surface area contributed by atoms with Crippen molar-refractivity contribution in [2.75, 3.05) is 5.32 Å². The van der Waals surface area contributed by atoms with Gasteiger partial charge in [0.2, 0.25) is 0 Å². The van der Waals surface area contributed by atoms with Crippen LogP contribution in [0.25, 0.3) is 10.2 Å². The van der Waals surface area contributed by atoms with Gasteiger partial charge in [0.1, 0.15) is 22.5 Å². The molecule has 2 aromatic rings. The number of fused-ring (bicyclic) bond motifs is 1. The molecule has 1 aliphatic rings. The minimum absolute atomic E-state index is 0.409. The summed E-state index contributed by atoms with van der Waals surface area (Å²) in [7, 11) is 0. The van der Waals surface area contributed by atoms with Crippen molar-refractivity contribution < 1.29 is 9.90 Å². The van der Waals surface area contributed by atoms with Gasteiger partial charge in [0.15, 0.2) is 0 Å². The SMILES string of the molecule is CC1CCCC(Nc2ncnc3sccc23)(C(=O)O)C1. The minimum Gasteiger partial charge on any atom is -0.480 e.